The van der Waals surface area contributed by atoms with E-state index in [2.05, 4.69) is 40.7 Å². The third-order valence-corrected chi connectivity index (χ3v) is 7.08. The molecule has 1 amide bonds. The largest absolute Gasteiger partial charge is 0.371 e. The number of nitrogens with zero attached hydrogens (tertiary/aromatic N) is 3. The Balaban J connectivity index is 1.45. The molecule has 2 aromatic heterocycles. The third kappa shape index (κ3) is 3.73. The van der Waals surface area contributed by atoms with Gasteiger partial charge in [-0.2, -0.15) is 0 Å². The van der Waals surface area contributed by atoms with Crippen LogP contribution in [0.4, 0.5) is 0 Å². The molecule has 5 rings (SSSR count). The van der Waals surface area contributed by atoms with Crippen LogP contribution in [0.2, 0.25) is 0 Å². The molecule has 1 fully saturated rings. The maximum absolute atomic E-state index is 12.2. The van der Waals surface area contributed by atoms with Gasteiger partial charge in [0.1, 0.15) is 5.82 Å². The van der Waals surface area contributed by atoms with Gasteiger partial charge in [-0.15, -0.1) is 11.3 Å². The number of aromatic nitrogens is 2. The predicted octanol–water partition coefficient (Wildman–Crippen LogP) is 4.33. The van der Waals surface area contributed by atoms with Crippen molar-refractivity contribution >= 4 is 38.4 Å². The molecule has 0 saturated carbocycles. The van der Waals surface area contributed by atoms with E-state index in [-0.39, 0.29) is 12.0 Å². The van der Waals surface area contributed by atoms with E-state index in [1.807, 2.05) is 24.3 Å². The van der Waals surface area contributed by atoms with E-state index in [1.54, 1.807) is 0 Å². The first-order chi connectivity index (χ1) is 15.2. The lowest BCUT2D eigenvalue weighted by molar-refractivity contribution is -0.0332. The summed E-state index contributed by atoms with van der Waals surface area (Å²) in [6.07, 6.45) is 0.874. The molecule has 0 radical (unpaired) electrons. The number of thiophene rings is 1. The molecule has 3 heterocycles. The molecule has 0 aliphatic carbocycles. The summed E-state index contributed by atoms with van der Waals surface area (Å²) in [5, 5.41) is 1.06. The van der Waals surface area contributed by atoms with Crippen molar-refractivity contribution in [3.8, 4) is 0 Å². The number of amides is 1. The van der Waals surface area contributed by atoms with Crippen LogP contribution in [0.5, 0.6) is 0 Å². The van der Waals surface area contributed by atoms with E-state index in [0.29, 0.717) is 18.0 Å². The molecule has 31 heavy (non-hydrogen) atoms. The van der Waals surface area contributed by atoms with Gasteiger partial charge in [-0.05, 0) is 30.0 Å². The molecule has 1 aliphatic rings. The smallest absolute Gasteiger partial charge is 0.259 e. The van der Waals surface area contributed by atoms with Crippen molar-refractivity contribution in [1.29, 1.82) is 0 Å². The average Bonchev–Trinajstić information content (AvgIpc) is 3.33. The van der Waals surface area contributed by atoms with Crippen LogP contribution in [-0.2, 0) is 17.8 Å². The lowest BCUT2D eigenvalue weighted by atomic mass is 10.0. The summed E-state index contributed by atoms with van der Waals surface area (Å²) < 4.78 is 9.55. The van der Waals surface area contributed by atoms with Crippen molar-refractivity contribution in [1.82, 2.24) is 14.5 Å². The summed E-state index contributed by atoms with van der Waals surface area (Å²) in [4.78, 5) is 20.1. The topological polar surface area (TPSA) is 73.4 Å². The van der Waals surface area contributed by atoms with Gasteiger partial charge in [0, 0.05) is 29.9 Å². The highest BCUT2D eigenvalue weighted by molar-refractivity contribution is 7.21. The van der Waals surface area contributed by atoms with Gasteiger partial charge in [-0.25, -0.2) is 4.98 Å². The summed E-state index contributed by atoms with van der Waals surface area (Å²) >= 11 is 1.45. The Morgan fingerprint density at radius 2 is 2.03 bits per heavy atom. The second-order valence-corrected chi connectivity index (χ2v) is 9.02. The van der Waals surface area contributed by atoms with Crippen LogP contribution >= 0.6 is 11.3 Å². The lowest BCUT2D eigenvalue weighted by Crippen LogP contribution is -2.39. The van der Waals surface area contributed by atoms with Crippen LogP contribution < -0.4 is 5.73 Å². The van der Waals surface area contributed by atoms with Crippen LogP contribution in [-0.4, -0.2) is 40.1 Å². The molecule has 1 saturated heterocycles. The zero-order valence-corrected chi connectivity index (χ0v) is 18.4. The van der Waals surface area contributed by atoms with Gasteiger partial charge in [0.05, 0.1) is 35.2 Å². The van der Waals surface area contributed by atoms with E-state index in [1.165, 1.54) is 16.9 Å². The Hall–Kier alpha value is -2.74. The fourth-order valence-electron chi connectivity index (χ4n) is 4.51. The number of rotatable bonds is 6. The van der Waals surface area contributed by atoms with E-state index in [0.717, 1.165) is 53.0 Å². The normalized spacial score (nSPS) is 17.5. The van der Waals surface area contributed by atoms with Gasteiger partial charge in [0.15, 0.2) is 0 Å². The zero-order valence-electron chi connectivity index (χ0n) is 17.6. The van der Waals surface area contributed by atoms with Crippen molar-refractivity contribution in [3.05, 3.63) is 64.8 Å². The van der Waals surface area contributed by atoms with E-state index >= 15 is 0 Å². The van der Waals surface area contributed by atoms with Gasteiger partial charge in [-0.3, -0.25) is 9.69 Å². The van der Waals surface area contributed by atoms with Crippen LogP contribution in [0, 0.1) is 0 Å². The van der Waals surface area contributed by atoms with E-state index in [4.69, 9.17) is 15.5 Å². The molecule has 4 aromatic rings. The SMILES string of the molecule is CCCn1c(CN2CCOC(c3c(C(N)=O)sc4ccccc34)C2)nc2ccccc21. The van der Waals surface area contributed by atoms with Crippen molar-refractivity contribution < 1.29 is 9.53 Å². The number of imidazole rings is 1. The number of carbonyl (C=O) groups is 1. The molecular weight excluding hydrogens is 408 g/mol. The second-order valence-electron chi connectivity index (χ2n) is 7.97. The maximum Gasteiger partial charge on any atom is 0.259 e. The van der Waals surface area contributed by atoms with Gasteiger partial charge < -0.3 is 15.0 Å². The number of nitrogens with two attached hydrogens (primary N) is 1. The average molecular weight is 435 g/mol. The number of hydrogen-bond acceptors (Lipinski definition) is 5. The molecule has 0 spiro atoms. The number of aryl methyl sites for hydroxylation is 1. The summed E-state index contributed by atoms with van der Waals surface area (Å²) in [6.45, 7) is 6.04. The van der Waals surface area contributed by atoms with Crippen molar-refractivity contribution in [2.75, 3.05) is 19.7 Å². The first-order valence-electron chi connectivity index (χ1n) is 10.7. The molecule has 7 heteroatoms. The zero-order chi connectivity index (χ0) is 21.4. The first-order valence-corrected chi connectivity index (χ1v) is 11.6. The minimum Gasteiger partial charge on any atom is -0.371 e. The number of morpholine rings is 1. The maximum atomic E-state index is 12.2. The highest BCUT2D eigenvalue weighted by atomic mass is 32.1. The molecule has 2 N–H and O–H groups in total. The Morgan fingerprint density at radius 1 is 1.23 bits per heavy atom. The van der Waals surface area contributed by atoms with Crippen molar-refractivity contribution in [3.63, 3.8) is 0 Å². The van der Waals surface area contributed by atoms with Gasteiger partial charge in [0.2, 0.25) is 0 Å². The van der Waals surface area contributed by atoms with E-state index in [9.17, 15) is 4.79 Å². The predicted molar refractivity (Wildman–Crippen MR) is 124 cm³/mol. The summed E-state index contributed by atoms with van der Waals surface area (Å²) in [7, 11) is 0. The summed E-state index contributed by atoms with van der Waals surface area (Å²) in [5.41, 5.74) is 8.88. The van der Waals surface area contributed by atoms with Crippen LogP contribution in [0.15, 0.2) is 48.5 Å². The Labute approximate surface area is 185 Å². The Kier molecular flexibility index (Phi) is 5.48. The van der Waals surface area contributed by atoms with Gasteiger partial charge >= 0.3 is 0 Å². The Morgan fingerprint density at radius 3 is 2.87 bits per heavy atom. The highest BCUT2D eigenvalue weighted by Crippen LogP contribution is 2.38. The van der Waals surface area contributed by atoms with Crippen LogP contribution in [0.3, 0.4) is 0 Å². The molecule has 160 valence electrons. The number of fused-ring (bicyclic) bond motifs is 2. The highest BCUT2D eigenvalue weighted by Gasteiger charge is 2.29. The second kappa shape index (κ2) is 8.42. The lowest BCUT2D eigenvalue weighted by Gasteiger charge is -2.33. The summed E-state index contributed by atoms with van der Waals surface area (Å²) in [6, 6.07) is 16.4. The quantitative estimate of drug-likeness (QED) is 0.490. The number of benzene rings is 2. The number of primary amides is 1. The monoisotopic (exact) mass is 434 g/mol. The number of para-hydroxylation sites is 2. The minimum atomic E-state index is -0.387. The third-order valence-electron chi connectivity index (χ3n) is 5.88. The molecule has 0 bridgehead atoms. The summed E-state index contributed by atoms with van der Waals surface area (Å²) in [5.74, 6) is 0.690. The molecular formula is C24H26N4O2S. The van der Waals surface area contributed by atoms with Crippen molar-refractivity contribution in [2.45, 2.75) is 32.5 Å². The Bertz CT molecular complexity index is 1250. The van der Waals surface area contributed by atoms with Gasteiger partial charge in [0.25, 0.3) is 5.91 Å². The van der Waals surface area contributed by atoms with Crippen LogP contribution in [0.1, 0.15) is 40.5 Å². The minimum absolute atomic E-state index is 0.184. The molecule has 1 aliphatic heterocycles. The van der Waals surface area contributed by atoms with E-state index < -0.39 is 0 Å². The fourth-order valence-corrected chi connectivity index (χ4v) is 5.61. The van der Waals surface area contributed by atoms with Gasteiger partial charge in [-0.1, -0.05) is 37.3 Å². The number of carbonyl (C=O) groups excluding carboxylic acids is 1. The number of ether oxygens (including phenoxy) is 1. The molecule has 6 nitrogen and oxygen atoms in total. The molecule has 1 unspecified atom stereocenters. The van der Waals surface area contributed by atoms with Crippen LogP contribution in [0.25, 0.3) is 21.1 Å². The standard InChI is InChI=1S/C24H26N4O2S/c1-2-11-28-18-9-5-4-8-17(18)26-21(28)15-27-12-13-30-19(14-27)22-16-7-3-6-10-20(16)31-23(22)24(25)29/h3-10,19H,2,11-15H2,1H3,(H2,25,29). The van der Waals surface area contributed by atoms with Crippen molar-refractivity contribution in [2.24, 2.45) is 5.73 Å². The first kappa shape index (κ1) is 20.2. The number of hydrogen-bond donors (Lipinski definition) is 1. The fraction of sp³-hybridized carbons (Fsp3) is 0.333. The molecule has 2 aromatic carbocycles. The molecule has 1 atom stereocenters.